The van der Waals surface area contributed by atoms with Crippen LogP contribution in [0.3, 0.4) is 0 Å². The van der Waals surface area contributed by atoms with Crippen LogP contribution in [0.1, 0.15) is 11.1 Å². The standard InChI is InChI=1S/C58H38N2O2/c1-3-43-44(4-2)56(40-30-33-54-51(36-40)46-25-15-17-27-49(46)58(62)60(54)42-22-12-7-13-23-42)52-35-38(28-31-47(52)55(43)37-18-8-5-9-19-37)39-29-32-53-50(34-39)45-24-14-16-26-48(45)57(61)59(53)41-20-10-6-11-21-41/h3-36H,1-2H2. The van der Waals surface area contributed by atoms with Gasteiger partial charge in [-0.05, 0) is 133 Å². The second-order valence-electron chi connectivity index (χ2n) is 15.6. The zero-order chi connectivity index (χ0) is 41.9. The Bertz CT molecular complexity index is 3750. The van der Waals surface area contributed by atoms with E-state index in [4.69, 9.17) is 0 Å². The SMILES string of the molecule is C=Cc1c(C=C)c(-c2ccc3c(c2)c2ccccc2c(=O)n3-c2ccccc2)c2cc(-c3ccc4c(c3)c3ccccc3c(=O)n4-c3ccccc3)ccc2c1-c1ccccc1. The van der Waals surface area contributed by atoms with Crippen LogP contribution in [0.4, 0.5) is 0 Å². The maximum absolute atomic E-state index is 14.2. The molecule has 0 saturated carbocycles. The summed E-state index contributed by atoms with van der Waals surface area (Å²) in [5.74, 6) is 0. The molecule has 0 fully saturated rings. The van der Waals surface area contributed by atoms with Crippen LogP contribution in [0.15, 0.2) is 217 Å². The molecule has 0 saturated heterocycles. The van der Waals surface area contributed by atoms with Gasteiger partial charge in [-0.1, -0.05) is 153 Å². The number of benzene rings is 9. The van der Waals surface area contributed by atoms with Crippen LogP contribution in [0, 0.1) is 0 Å². The number of para-hydroxylation sites is 2. The van der Waals surface area contributed by atoms with Crippen LogP contribution in [0.25, 0.3) is 111 Å². The van der Waals surface area contributed by atoms with Crippen molar-refractivity contribution < 1.29 is 0 Å². The highest BCUT2D eigenvalue weighted by molar-refractivity contribution is 6.15. The summed E-state index contributed by atoms with van der Waals surface area (Å²) in [6, 6.07) is 65.4. The summed E-state index contributed by atoms with van der Waals surface area (Å²) in [5, 5.41) is 7.24. The molecule has 0 spiro atoms. The third-order valence-electron chi connectivity index (χ3n) is 12.3. The topological polar surface area (TPSA) is 44.0 Å². The molecule has 0 aliphatic carbocycles. The van der Waals surface area contributed by atoms with Crippen molar-refractivity contribution in [3.8, 4) is 44.8 Å². The first-order chi connectivity index (χ1) is 30.5. The molecule has 0 bridgehead atoms. The molecule has 0 aliphatic heterocycles. The molecule has 0 unspecified atom stereocenters. The van der Waals surface area contributed by atoms with Gasteiger partial charge in [0.05, 0.1) is 11.0 Å². The van der Waals surface area contributed by atoms with Gasteiger partial charge in [0, 0.05) is 32.9 Å². The van der Waals surface area contributed by atoms with Crippen molar-refractivity contribution in [1.82, 2.24) is 9.13 Å². The normalized spacial score (nSPS) is 11.5. The van der Waals surface area contributed by atoms with E-state index in [0.717, 1.165) is 99.2 Å². The number of fused-ring (bicyclic) bond motifs is 7. The van der Waals surface area contributed by atoms with Crippen LogP contribution >= 0.6 is 0 Å². The van der Waals surface area contributed by atoms with E-state index in [1.807, 2.05) is 137 Å². The third-order valence-corrected chi connectivity index (χ3v) is 12.3. The predicted octanol–water partition coefficient (Wildman–Crippen LogP) is 14.0. The number of hydrogen-bond donors (Lipinski definition) is 0. The lowest BCUT2D eigenvalue weighted by Gasteiger charge is -2.22. The van der Waals surface area contributed by atoms with Gasteiger partial charge in [-0.15, -0.1) is 0 Å². The molecular weight excluding hydrogens is 757 g/mol. The molecule has 4 nitrogen and oxygen atoms in total. The monoisotopic (exact) mass is 794 g/mol. The number of rotatable bonds is 7. The first-order valence-corrected chi connectivity index (χ1v) is 20.7. The Morgan fingerprint density at radius 2 is 0.710 bits per heavy atom. The summed E-state index contributed by atoms with van der Waals surface area (Å²) < 4.78 is 3.64. The molecule has 0 radical (unpaired) electrons. The number of nitrogens with zero attached hydrogens (tertiary/aromatic N) is 2. The average Bonchev–Trinajstić information content (AvgIpc) is 3.34. The second-order valence-corrected chi connectivity index (χ2v) is 15.6. The molecule has 11 rings (SSSR count). The maximum Gasteiger partial charge on any atom is 0.263 e. The van der Waals surface area contributed by atoms with Crippen molar-refractivity contribution in [2.75, 3.05) is 0 Å². The first-order valence-electron chi connectivity index (χ1n) is 20.7. The Balaban J connectivity index is 1.22. The van der Waals surface area contributed by atoms with Crippen LogP contribution in [0.2, 0.25) is 0 Å². The fourth-order valence-electron chi connectivity index (χ4n) is 9.52. The first kappa shape index (κ1) is 36.7. The smallest absolute Gasteiger partial charge is 0.263 e. The molecule has 11 aromatic rings. The van der Waals surface area contributed by atoms with E-state index in [1.165, 1.54) is 0 Å². The van der Waals surface area contributed by atoms with E-state index in [9.17, 15) is 9.59 Å². The Morgan fingerprint density at radius 1 is 0.323 bits per heavy atom. The van der Waals surface area contributed by atoms with Crippen LogP contribution in [-0.2, 0) is 0 Å². The Morgan fingerprint density at radius 3 is 1.21 bits per heavy atom. The minimum Gasteiger partial charge on any atom is -0.276 e. The Labute approximate surface area is 357 Å². The molecule has 0 N–H and O–H groups in total. The van der Waals surface area contributed by atoms with Crippen LogP contribution in [-0.4, -0.2) is 9.13 Å². The molecule has 9 aromatic carbocycles. The summed E-state index contributed by atoms with van der Waals surface area (Å²) >= 11 is 0. The number of hydrogen-bond acceptors (Lipinski definition) is 2. The van der Waals surface area contributed by atoms with Crippen molar-refractivity contribution in [1.29, 1.82) is 0 Å². The summed E-state index contributed by atoms with van der Waals surface area (Å²) in [6.45, 7) is 8.76. The van der Waals surface area contributed by atoms with E-state index in [-0.39, 0.29) is 11.1 Å². The third kappa shape index (κ3) is 5.69. The number of pyridine rings is 2. The maximum atomic E-state index is 14.2. The highest BCUT2D eigenvalue weighted by atomic mass is 16.1. The zero-order valence-corrected chi connectivity index (χ0v) is 33.8. The highest BCUT2D eigenvalue weighted by Gasteiger charge is 2.22. The number of aromatic nitrogens is 2. The lowest BCUT2D eigenvalue weighted by Crippen LogP contribution is -2.19. The fraction of sp³-hybridized carbons (Fsp3) is 0. The van der Waals surface area contributed by atoms with Gasteiger partial charge in [-0.25, -0.2) is 0 Å². The molecular formula is C58H38N2O2. The van der Waals surface area contributed by atoms with Gasteiger partial charge in [0.1, 0.15) is 0 Å². The molecule has 62 heavy (non-hydrogen) atoms. The van der Waals surface area contributed by atoms with Crippen LogP contribution < -0.4 is 11.1 Å². The highest BCUT2D eigenvalue weighted by Crippen LogP contribution is 2.45. The minimum absolute atomic E-state index is 0.0465. The second kappa shape index (κ2) is 14.7. The van der Waals surface area contributed by atoms with Gasteiger partial charge in [0.2, 0.25) is 0 Å². The molecule has 0 aliphatic rings. The van der Waals surface area contributed by atoms with Crippen LogP contribution in [0.5, 0.6) is 0 Å². The molecule has 0 amide bonds. The molecule has 2 aromatic heterocycles. The van der Waals surface area contributed by atoms with E-state index >= 15 is 0 Å². The van der Waals surface area contributed by atoms with E-state index in [1.54, 1.807) is 0 Å². The molecule has 292 valence electrons. The van der Waals surface area contributed by atoms with Gasteiger partial charge in [-0.3, -0.25) is 18.7 Å². The van der Waals surface area contributed by atoms with Crippen molar-refractivity contribution >= 4 is 66.3 Å². The Hall–Kier alpha value is -8.34. The Kier molecular flexibility index (Phi) is 8.73. The summed E-state index contributed by atoms with van der Waals surface area (Å²) in [7, 11) is 0. The van der Waals surface area contributed by atoms with Crippen molar-refractivity contribution in [3.63, 3.8) is 0 Å². The fourth-order valence-corrected chi connectivity index (χ4v) is 9.52. The summed E-state index contributed by atoms with van der Waals surface area (Å²) in [6.07, 6.45) is 3.89. The van der Waals surface area contributed by atoms with Crippen molar-refractivity contribution in [3.05, 3.63) is 239 Å². The van der Waals surface area contributed by atoms with E-state index in [0.29, 0.717) is 10.8 Å². The van der Waals surface area contributed by atoms with Crippen molar-refractivity contribution in [2.24, 2.45) is 0 Å². The van der Waals surface area contributed by atoms with Gasteiger partial charge in [-0.2, -0.15) is 0 Å². The largest absolute Gasteiger partial charge is 0.276 e. The summed E-state index contributed by atoms with van der Waals surface area (Å²) in [4.78, 5) is 28.3. The van der Waals surface area contributed by atoms with E-state index < -0.39 is 0 Å². The predicted molar refractivity (Wildman–Crippen MR) is 262 cm³/mol. The van der Waals surface area contributed by atoms with Gasteiger partial charge < -0.3 is 0 Å². The molecule has 2 heterocycles. The quantitative estimate of drug-likeness (QED) is 0.151. The average molecular weight is 795 g/mol. The summed E-state index contributed by atoms with van der Waals surface area (Å²) in [5.41, 5.74) is 11.4. The van der Waals surface area contributed by atoms with E-state index in [2.05, 4.69) is 92.0 Å². The van der Waals surface area contributed by atoms with Gasteiger partial charge in [0.15, 0.2) is 0 Å². The molecule has 4 heteroatoms. The van der Waals surface area contributed by atoms with Gasteiger partial charge >= 0.3 is 0 Å². The zero-order valence-electron chi connectivity index (χ0n) is 33.8. The van der Waals surface area contributed by atoms with Crippen molar-refractivity contribution in [2.45, 2.75) is 0 Å². The minimum atomic E-state index is -0.0565. The lowest BCUT2D eigenvalue weighted by atomic mass is 9.82. The van der Waals surface area contributed by atoms with Gasteiger partial charge in [0.25, 0.3) is 11.1 Å². The molecule has 0 atom stereocenters. The lowest BCUT2D eigenvalue weighted by molar-refractivity contribution is 1.06.